The van der Waals surface area contributed by atoms with Gasteiger partial charge in [-0.05, 0) is 25.0 Å². The topological polar surface area (TPSA) is 92.3 Å². The van der Waals surface area contributed by atoms with Gasteiger partial charge in [-0.1, -0.05) is 12.8 Å². The zero-order chi connectivity index (χ0) is 13.2. The maximum Gasteiger partial charge on any atom is 0.364 e. The molecule has 0 aromatic carbocycles. The summed E-state index contributed by atoms with van der Waals surface area (Å²) in [6, 6.07) is 4.01. The van der Waals surface area contributed by atoms with E-state index < -0.39 is 0 Å². The van der Waals surface area contributed by atoms with Crippen molar-refractivity contribution in [1.29, 1.82) is 0 Å². The molecule has 0 bridgehead atoms. The number of H-pyrrole nitrogens is 1. The van der Waals surface area contributed by atoms with Crippen LogP contribution < -0.4 is 16.3 Å². The van der Waals surface area contributed by atoms with Gasteiger partial charge in [-0.2, -0.15) is 9.61 Å². The molecular formula is C12H18N6O. The van der Waals surface area contributed by atoms with Gasteiger partial charge in [-0.25, -0.2) is 9.89 Å². The third kappa shape index (κ3) is 2.21. The van der Waals surface area contributed by atoms with Crippen LogP contribution >= 0.6 is 0 Å². The van der Waals surface area contributed by atoms with E-state index in [2.05, 4.69) is 20.2 Å². The summed E-state index contributed by atoms with van der Waals surface area (Å²) in [5.41, 5.74) is 6.09. The SMILES string of the molecule is NCC1CCCCCN1c1ccc2n[nH]c(=O)n2n1. The van der Waals surface area contributed by atoms with Gasteiger partial charge in [0.15, 0.2) is 5.65 Å². The standard InChI is InChI=1S/C12H18N6O/c13-8-9-4-2-1-3-7-17(9)11-6-5-10-14-15-12(19)18(10)16-11/h5-6,9H,1-4,7-8,13H2,(H,15,19). The smallest absolute Gasteiger partial charge is 0.351 e. The van der Waals surface area contributed by atoms with E-state index in [1.807, 2.05) is 6.07 Å². The van der Waals surface area contributed by atoms with Crippen molar-refractivity contribution in [2.45, 2.75) is 31.7 Å². The lowest BCUT2D eigenvalue weighted by Gasteiger charge is -2.29. The first-order valence-corrected chi connectivity index (χ1v) is 6.71. The molecule has 3 rings (SSSR count). The van der Waals surface area contributed by atoms with Crippen molar-refractivity contribution in [3.05, 3.63) is 22.6 Å². The first kappa shape index (κ1) is 12.2. The van der Waals surface area contributed by atoms with Crippen LogP contribution in [0.15, 0.2) is 16.9 Å². The minimum Gasteiger partial charge on any atom is -0.351 e. The highest BCUT2D eigenvalue weighted by atomic mass is 16.2. The Kier molecular flexibility index (Phi) is 3.20. The minimum atomic E-state index is -0.309. The number of rotatable bonds is 2. The van der Waals surface area contributed by atoms with Crippen LogP contribution in [0.5, 0.6) is 0 Å². The third-order valence-electron chi connectivity index (χ3n) is 3.70. The average molecular weight is 262 g/mol. The number of hydrogen-bond acceptors (Lipinski definition) is 5. The fourth-order valence-corrected chi connectivity index (χ4v) is 2.67. The maximum absolute atomic E-state index is 11.6. The van der Waals surface area contributed by atoms with Gasteiger partial charge in [-0.15, -0.1) is 5.10 Å². The molecule has 0 saturated carbocycles. The van der Waals surface area contributed by atoms with E-state index in [9.17, 15) is 4.79 Å². The Morgan fingerprint density at radius 2 is 2.26 bits per heavy atom. The van der Waals surface area contributed by atoms with Crippen LogP contribution in [0, 0.1) is 0 Å². The zero-order valence-corrected chi connectivity index (χ0v) is 10.7. The van der Waals surface area contributed by atoms with Gasteiger partial charge in [0.1, 0.15) is 5.82 Å². The molecule has 3 heterocycles. The molecule has 7 heteroatoms. The Morgan fingerprint density at radius 3 is 3.11 bits per heavy atom. The summed E-state index contributed by atoms with van der Waals surface area (Å²) >= 11 is 0. The molecule has 19 heavy (non-hydrogen) atoms. The fourth-order valence-electron chi connectivity index (χ4n) is 2.67. The maximum atomic E-state index is 11.6. The number of nitrogens with two attached hydrogens (primary N) is 1. The van der Waals surface area contributed by atoms with Crippen LogP contribution in [0.25, 0.3) is 5.65 Å². The molecule has 0 aliphatic carbocycles. The lowest BCUT2D eigenvalue weighted by molar-refractivity contribution is 0.572. The number of hydrogen-bond donors (Lipinski definition) is 2. The summed E-state index contributed by atoms with van der Waals surface area (Å²) in [4.78, 5) is 13.8. The van der Waals surface area contributed by atoms with Gasteiger partial charge in [0.2, 0.25) is 0 Å². The average Bonchev–Trinajstić information content (AvgIpc) is 2.66. The molecule has 1 aliphatic rings. The normalized spacial score (nSPS) is 20.7. The molecule has 3 N–H and O–H groups in total. The molecule has 2 aromatic rings. The molecule has 1 aliphatic heterocycles. The van der Waals surface area contributed by atoms with Crippen molar-refractivity contribution >= 4 is 11.5 Å². The van der Waals surface area contributed by atoms with E-state index >= 15 is 0 Å². The van der Waals surface area contributed by atoms with Gasteiger partial charge < -0.3 is 10.6 Å². The van der Waals surface area contributed by atoms with Crippen LogP contribution in [0.3, 0.4) is 0 Å². The second-order valence-electron chi connectivity index (χ2n) is 4.92. The Bertz CT molecular complexity index is 618. The third-order valence-corrected chi connectivity index (χ3v) is 3.70. The molecule has 7 nitrogen and oxygen atoms in total. The van der Waals surface area contributed by atoms with Gasteiger partial charge in [0.05, 0.1) is 0 Å². The van der Waals surface area contributed by atoms with Gasteiger partial charge in [-0.3, -0.25) is 0 Å². The zero-order valence-electron chi connectivity index (χ0n) is 10.7. The Balaban J connectivity index is 2.00. The molecule has 1 atom stereocenters. The van der Waals surface area contributed by atoms with E-state index in [1.165, 1.54) is 17.4 Å². The van der Waals surface area contributed by atoms with E-state index in [-0.39, 0.29) is 5.69 Å². The van der Waals surface area contributed by atoms with E-state index in [1.54, 1.807) is 6.07 Å². The largest absolute Gasteiger partial charge is 0.364 e. The molecule has 1 saturated heterocycles. The summed E-state index contributed by atoms with van der Waals surface area (Å²) in [6.07, 6.45) is 4.64. The molecule has 0 radical (unpaired) electrons. The van der Waals surface area contributed by atoms with Crippen molar-refractivity contribution < 1.29 is 0 Å². The molecule has 102 valence electrons. The van der Waals surface area contributed by atoms with Gasteiger partial charge in [0, 0.05) is 19.1 Å². The van der Waals surface area contributed by atoms with E-state index in [4.69, 9.17) is 5.73 Å². The molecule has 2 aromatic heterocycles. The highest BCUT2D eigenvalue weighted by molar-refractivity contribution is 5.46. The first-order chi connectivity index (χ1) is 9.29. The number of nitrogens with zero attached hydrogens (tertiary/aromatic N) is 4. The lowest BCUT2D eigenvalue weighted by Crippen LogP contribution is -2.41. The molecular weight excluding hydrogens is 244 g/mol. The molecule has 0 spiro atoms. The Morgan fingerprint density at radius 1 is 1.37 bits per heavy atom. The van der Waals surface area contributed by atoms with Crippen molar-refractivity contribution in [3.8, 4) is 0 Å². The summed E-state index contributed by atoms with van der Waals surface area (Å²) in [5.74, 6) is 0.799. The Hall–Kier alpha value is -1.89. The van der Waals surface area contributed by atoms with Crippen molar-refractivity contribution in [2.24, 2.45) is 5.73 Å². The summed E-state index contributed by atoms with van der Waals surface area (Å²) in [7, 11) is 0. The predicted octanol–water partition coefficient (Wildman–Crippen LogP) is 0.125. The molecule has 1 fully saturated rings. The minimum absolute atomic E-state index is 0.301. The van der Waals surface area contributed by atoms with Crippen LogP contribution in [-0.4, -0.2) is 38.9 Å². The predicted molar refractivity (Wildman–Crippen MR) is 72.3 cm³/mol. The second-order valence-corrected chi connectivity index (χ2v) is 4.92. The number of fused-ring (bicyclic) bond motifs is 1. The fraction of sp³-hybridized carbons (Fsp3) is 0.583. The second kappa shape index (κ2) is 5.00. The summed E-state index contributed by atoms with van der Waals surface area (Å²) < 4.78 is 1.30. The van der Waals surface area contributed by atoms with Gasteiger partial charge in [0.25, 0.3) is 0 Å². The van der Waals surface area contributed by atoms with Gasteiger partial charge >= 0.3 is 5.69 Å². The van der Waals surface area contributed by atoms with Crippen molar-refractivity contribution in [2.75, 3.05) is 18.0 Å². The molecule has 1 unspecified atom stereocenters. The lowest BCUT2D eigenvalue weighted by atomic mass is 10.1. The quantitative estimate of drug-likeness (QED) is 0.802. The van der Waals surface area contributed by atoms with Crippen molar-refractivity contribution in [3.63, 3.8) is 0 Å². The van der Waals surface area contributed by atoms with Crippen LogP contribution in [-0.2, 0) is 0 Å². The van der Waals surface area contributed by atoms with Crippen molar-refractivity contribution in [1.82, 2.24) is 19.8 Å². The highest BCUT2D eigenvalue weighted by Crippen LogP contribution is 2.21. The van der Waals surface area contributed by atoms with E-state index in [0.717, 1.165) is 25.2 Å². The number of nitrogens with one attached hydrogen (secondary N) is 1. The molecule has 0 amide bonds. The number of aromatic nitrogens is 4. The van der Waals surface area contributed by atoms with Crippen LogP contribution in [0.2, 0.25) is 0 Å². The van der Waals surface area contributed by atoms with Crippen LogP contribution in [0.1, 0.15) is 25.7 Å². The first-order valence-electron chi connectivity index (χ1n) is 6.71. The summed E-state index contributed by atoms with van der Waals surface area (Å²) in [6.45, 7) is 1.55. The highest BCUT2D eigenvalue weighted by Gasteiger charge is 2.21. The van der Waals surface area contributed by atoms with Crippen LogP contribution in [0.4, 0.5) is 5.82 Å². The Labute approximate surface area is 110 Å². The van der Waals surface area contributed by atoms with E-state index in [0.29, 0.717) is 18.2 Å². The number of anilines is 1. The summed E-state index contributed by atoms with van der Waals surface area (Å²) in [5, 5.41) is 10.7. The monoisotopic (exact) mass is 262 g/mol. The number of aromatic amines is 1.